The topological polar surface area (TPSA) is 69.6 Å². The molecule has 1 radical (unpaired) electrons. The number of nitrogens with two attached hydrogens (primary N) is 1. The van der Waals surface area contributed by atoms with Gasteiger partial charge >= 0.3 is 0 Å². The third kappa shape index (κ3) is 1.13. The van der Waals surface area contributed by atoms with Crippen molar-refractivity contribution in [2.45, 2.75) is 19.9 Å². The van der Waals surface area contributed by atoms with Crippen molar-refractivity contribution in [1.82, 2.24) is 19.7 Å². The normalized spacial score (nSPS) is 11.0. The van der Waals surface area contributed by atoms with Crippen molar-refractivity contribution in [3.05, 3.63) is 18.9 Å². The van der Waals surface area contributed by atoms with E-state index in [4.69, 9.17) is 5.73 Å². The van der Waals surface area contributed by atoms with Crippen LogP contribution in [0, 0.1) is 6.92 Å². The molecule has 2 aromatic rings. The first kappa shape index (κ1) is 8.93. The molecule has 2 heterocycles. The zero-order valence-electron chi connectivity index (χ0n) is 8.06. The zero-order valence-corrected chi connectivity index (χ0v) is 8.06. The van der Waals surface area contributed by atoms with Crippen LogP contribution < -0.4 is 5.73 Å². The third-order valence-electron chi connectivity index (χ3n) is 2.18. The molecule has 5 nitrogen and oxygen atoms in total. The lowest BCUT2D eigenvalue weighted by Gasteiger charge is -1.96. The van der Waals surface area contributed by atoms with Gasteiger partial charge in [0.05, 0.1) is 11.1 Å². The van der Waals surface area contributed by atoms with E-state index in [9.17, 15) is 0 Å². The Bertz CT molecular complexity index is 459. The minimum Gasteiger partial charge on any atom is -0.383 e. The Balaban J connectivity index is 2.82. The van der Waals surface area contributed by atoms with Crippen molar-refractivity contribution in [3.63, 3.8) is 0 Å². The minimum atomic E-state index is 0.492. The van der Waals surface area contributed by atoms with Crippen molar-refractivity contribution in [1.29, 1.82) is 0 Å². The Morgan fingerprint density at radius 1 is 1.50 bits per heavy atom. The van der Waals surface area contributed by atoms with Gasteiger partial charge in [-0.15, -0.1) is 0 Å². The van der Waals surface area contributed by atoms with Crippen LogP contribution in [-0.4, -0.2) is 19.7 Å². The molecule has 0 saturated carbocycles. The van der Waals surface area contributed by atoms with E-state index in [2.05, 4.69) is 22.0 Å². The Hall–Kier alpha value is -1.65. The quantitative estimate of drug-likeness (QED) is 0.760. The molecule has 0 spiro atoms. The van der Waals surface area contributed by atoms with E-state index >= 15 is 0 Å². The highest BCUT2D eigenvalue weighted by atomic mass is 15.3. The molecule has 0 atom stereocenters. The maximum atomic E-state index is 5.78. The summed E-state index contributed by atoms with van der Waals surface area (Å²) in [6.45, 7) is 6.36. The minimum absolute atomic E-state index is 0.492. The van der Waals surface area contributed by atoms with Crippen molar-refractivity contribution in [2.75, 3.05) is 5.73 Å². The zero-order chi connectivity index (χ0) is 10.1. The average molecular weight is 190 g/mol. The largest absolute Gasteiger partial charge is 0.383 e. The molecule has 0 aliphatic rings. The van der Waals surface area contributed by atoms with Crippen LogP contribution in [0.2, 0.25) is 0 Å². The molecule has 73 valence electrons. The van der Waals surface area contributed by atoms with Gasteiger partial charge in [-0.3, -0.25) is 0 Å². The fourth-order valence-corrected chi connectivity index (χ4v) is 1.51. The number of anilines is 1. The van der Waals surface area contributed by atoms with Gasteiger partial charge in [0.2, 0.25) is 0 Å². The van der Waals surface area contributed by atoms with Crippen LogP contribution in [0.5, 0.6) is 0 Å². The molecule has 2 rings (SSSR count). The Morgan fingerprint density at radius 2 is 2.29 bits per heavy atom. The molecule has 0 bridgehead atoms. The molecular weight excluding hydrogens is 178 g/mol. The fourth-order valence-electron chi connectivity index (χ4n) is 1.51. The molecule has 0 saturated heterocycles. The maximum absolute atomic E-state index is 5.78. The summed E-state index contributed by atoms with van der Waals surface area (Å²) in [5.74, 6) is 0.492. The molecular formula is C9H12N5. The second-order valence-electron chi connectivity index (χ2n) is 2.98. The summed E-state index contributed by atoms with van der Waals surface area (Å²) >= 11 is 0. The SMILES string of the molecule is [CH2]Cn1nc(CC)c2c(N)ncnc21. The summed E-state index contributed by atoms with van der Waals surface area (Å²) in [4.78, 5) is 8.11. The van der Waals surface area contributed by atoms with E-state index in [0.717, 1.165) is 23.1 Å². The lowest BCUT2D eigenvalue weighted by Crippen LogP contribution is -1.99. The summed E-state index contributed by atoms with van der Waals surface area (Å²) in [7, 11) is 0. The van der Waals surface area contributed by atoms with Gasteiger partial charge in [-0.25, -0.2) is 14.6 Å². The number of aryl methyl sites for hydroxylation is 1. The third-order valence-corrected chi connectivity index (χ3v) is 2.18. The van der Waals surface area contributed by atoms with Crippen LogP contribution in [0.3, 0.4) is 0 Å². The van der Waals surface area contributed by atoms with Crippen LogP contribution >= 0.6 is 0 Å². The van der Waals surface area contributed by atoms with E-state index < -0.39 is 0 Å². The Morgan fingerprint density at radius 3 is 2.93 bits per heavy atom. The van der Waals surface area contributed by atoms with Crippen molar-refractivity contribution >= 4 is 16.9 Å². The standard InChI is InChI=1S/C9H12N5/c1-3-6-7-8(10)11-5-12-9(7)14(4-2)13-6/h5H,2-4H2,1H3,(H2,10,11,12). The average Bonchev–Trinajstić information content (AvgIpc) is 2.57. The lowest BCUT2D eigenvalue weighted by molar-refractivity contribution is 0.700. The monoisotopic (exact) mass is 190 g/mol. The first-order chi connectivity index (χ1) is 6.77. The molecule has 0 aliphatic heterocycles. The maximum Gasteiger partial charge on any atom is 0.163 e. The van der Waals surface area contributed by atoms with Crippen LogP contribution in [0.4, 0.5) is 5.82 Å². The van der Waals surface area contributed by atoms with Gasteiger partial charge < -0.3 is 5.73 Å². The van der Waals surface area contributed by atoms with Crippen molar-refractivity contribution < 1.29 is 0 Å². The first-order valence-electron chi connectivity index (χ1n) is 4.53. The number of fused-ring (bicyclic) bond motifs is 1. The molecule has 5 heteroatoms. The Labute approximate surface area is 82.0 Å². The first-order valence-corrected chi connectivity index (χ1v) is 4.53. The number of rotatable bonds is 2. The van der Waals surface area contributed by atoms with Crippen LogP contribution in [-0.2, 0) is 13.0 Å². The Kier molecular flexibility index (Phi) is 2.07. The molecule has 0 aromatic carbocycles. The number of nitrogen functional groups attached to an aromatic ring is 1. The summed E-state index contributed by atoms with van der Waals surface area (Å²) in [5.41, 5.74) is 7.48. The number of hydrogen-bond acceptors (Lipinski definition) is 4. The summed E-state index contributed by atoms with van der Waals surface area (Å²) in [6.07, 6.45) is 2.27. The predicted octanol–water partition coefficient (Wildman–Crippen LogP) is 0.805. The summed E-state index contributed by atoms with van der Waals surface area (Å²) in [6, 6.07) is 0. The predicted molar refractivity (Wildman–Crippen MR) is 54.5 cm³/mol. The van der Waals surface area contributed by atoms with E-state index in [1.165, 1.54) is 6.33 Å². The van der Waals surface area contributed by atoms with E-state index in [1.54, 1.807) is 4.68 Å². The second kappa shape index (κ2) is 3.25. The van der Waals surface area contributed by atoms with Crippen LogP contribution in [0.25, 0.3) is 11.0 Å². The van der Waals surface area contributed by atoms with Crippen molar-refractivity contribution in [2.24, 2.45) is 0 Å². The van der Waals surface area contributed by atoms with Gasteiger partial charge in [0.25, 0.3) is 0 Å². The highest BCUT2D eigenvalue weighted by Crippen LogP contribution is 2.21. The van der Waals surface area contributed by atoms with Gasteiger partial charge in [0.1, 0.15) is 12.1 Å². The highest BCUT2D eigenvalue weighted by molar-refractivity contribution is 5.88. The molecule has 2 N–H and O–H groups in total. The summed E-state index contributed by atoms with van der Waals surface area (Å²) in [5, 5.41) is 5.22. The smallest absolute Gasteiger partial charge is 0.163 e. The van der Waals surface area contributed by atoms with Gasteiger partial charge in [-0.2, -0.15) is 5.10 Å². The molecule has 0 aliphatic carbocycles. The van der Waals surface area contributed by atoms with Crippen LogP contribution in [0.15, 0.2) is 6.33 Å². The van der Waals surface area contributed by atoms with Crippen molar-refractivity contribution in [3.8, 4) is 0 Å². The highest BCUT2D eigenvalue weighted by Gasteiger charge is 2.12. The molecule has 14 heavy (non-hydrogen) atoms. The van der Waals surface area contributed by atoms with E-state index in [-0.39, 0.29) is 0 Å². The second-order valence-corrected chi connectivity index (χ2v) is 2.98. The lowest BCUT2D eigenvalue weighted by atomic mass is 10.2. The molecule has 2 aromatic heterocycles. The number of nitrogens with zero attached hydrogens (tertiary/aromatic N) is 4. The van der Waals surface area contributed by atoms with Gasteiger partial charge in [-0.05, 0) is 13.3 Å². The molecule has 0 fully saturated rings. The molecule has 0 amide bonds. The summed E-state index contributed by atoms with van der Waals surface area (Å²) < 4.78 is 1.74. The van der Waals surface area contributed by atoms with Gasteiger partial charge in [-0.1, -0.05) is 6.92 Å². The van der Waals surface area contributed by atoms with Crippen LogP contribution in [0.1, 0.15) is 12.6 Å². The fraction of sp³-hybridized carbons (Fsp3) is 0.333. The van der Waals surface area contributed by atoms with Gasteiger partial charge in [0, 0.05) is 6.54 Å². The van der Waals surface area contributed by atoms with Gasteiger partial charge in [0.15, 0.2) is 5.65 Å². The van der Waals surface area contributed by atoms with E-state index in [1.807, 2.05) is 6.92 Å². The van der Waals surface area contributed by atoms with E-state index in [0.29, 0.717) is 12.4 Å². The number of hydrogen-bond donors (Lipinski definition) is 1. The number of aromatic nitrogens is 4. The molecule has 0 unspecified atom stereocenters.